The number of ether oxygens (including phenoxy) is 1. The second kappa shape index (κ2) is 6.07. The molecule has 0 unspecified atom stereocenters. The second-order valence-corrected chi connectivity index (χ2v) is 5.32. The van der Waals surface area contributed by atoms with E-state index in [4.69, 9.17) is 4.74 Å². The van der Waals surface area contributed by atoms with E-state index in [0.29, 0.717) is 11.7 Å². The monoisotopic (exact) mass is 301 g/mol. The number of nitrogens with zero attached hydrogens (tertiary/aromatic N) is 3. The number of carboxylic acid groups (broad SMARTS) is 1. The van der Waals surface area contributed by atoms with Crippen LogP contribution in [0.5, 0.6) is 11.5 Å². The molecule has 0 atom stereocenters. The molecule has 0 saturated heterocycles. The average Bonchev–Trinajstić information content (AvgIpc) is 3.25. The number of aromatic nitrogens is 3. The van der Waals surface area contributed by atoms with Gasteiger partial charge in [0.1, 0.15) is 5.75 Å². The Hall–Kier alpha value is -2.29. The molecule has 0 amide bonds. The summed E-state index contributed by atoms with van der Waals surface area (Å²) < 4.78 is 7.10. The third-order valence-electron chi connectivity index (χ3n) is 3.73. The average molecular weight is 301 g/mol. The Kier molecular flexibility index (Phi) is 4.12. The van der Waals surface area contributed by atoms with Gasteiger partial charge in [-0.05, 0) is 36.5 Å². The smallest absolute Gasteiger partial charge is 0.545 e. The molecule has 1 aliphatic carbocycles. The maximum absolute atomic E-state index is 11.4. The molecule has 0 bridgehead atoms. The van der Waals surface area contributed by atoms with Gasteiger partial charge >= 0.3 is 18.9 Å². The first-order valence-corrected chi connectivity index (χ1v) is 7.04. The van der Waals surface area contributed by atoms with Crippen molar-refractivity contribution in [2.75, 3.05) is 0 Å². The molecule has 1 aliphatic rings. The number of imidazole rings is 1. The standard InChI is InChI=1S/C16H13N3O3.Li/c20-16(21)14-13(9-18-19-7-6-17-15(14)19)22-12-3-1-2-11(8-12)10-4-5-10;/h1-3,6-10H,4-5H2,(H,20,21);/q;+1/p-1. The van der Waals surface area contributed by atoms with Crippen LogP contribution >= 0.6 is 0 Å². The summed E-state index contributed by atoms with van der Waals surface area (Å²) in [4.78, 5) is 15.4. The summed E-state index contributed by atoms with van der Waals surface area (Å²) in [5, 5.41) is 15.5. The molecule has 1 aromatic carbocycles. The zero-order valence-corrected chi connectivity index (χ0v) is 12.6. The quantitative estimate of drug-likeness (QED) is 0.564. The number of carboxylic acids is 1. The Balaban J connectivity index is 0.00000156. The van der Waals surface area contributed by atoms with Gasteiger partial charge in [0.15, 0.2) is 11.4 Å². The largest absolute Gasteiger partial charge is 1.00 e. The van der Waals surface area contributed by atoms with E-state index in [-0.39, 0.29) is 35.8 Å². The number of fused-ring (bicyclic) bond motifs is 1. The van der Waals surface area contributed by atoms with Gasteiger partial charge in [0.05, 0.1) is 17.7 Å². The minimum Gasteiger partial charge on any atom is -0.545 e. The van der Waals surface area contributed by atoms with Gasteiger partial charge in [0, 0.05) is 12.4 Å². The molecule has 7 heteroatoms. The van der Waals surface area contributed by atoms with Gasteiger partial charge in [-0.1, -0.05) is 12.1 Å². The van der Waals surface area contributed by atoms with E-state index in [0.717, 1.165) is 0 Å². The van der Waals surface area contributed by atoms with Crippen LogP contribution < -0.4 is 28.7 Å². The molecule has 4 rings (SSSR count). The third-order valence-corrected chi connectivity index (χ3v) is 3.73. The molecule has 110 valence electrons. The van der Waals surface area contributed by atoms with Crippen molar-refractivity contribution in [3.63, 3.8) is 0 Å². The molecule has 1 fully saturated rings. The summed E-state index contributed by atoms with van der Waals surface area (Å²) in [7, 11) is 0. The maximum Gasteiger partial charge on any atom is 1.00 e. The summed E-state index contributed by atoms with van der Waals surface area (Å²) in [6.45, 7) is 0. The Morgan fingerprint density at radius 3 is 2.91 bits per heavy atom. The van der Waals surface area contributed by atoms with Gasteiger partial charge in [-0.15, -0.1) is 0 Å². The van der Waals surface area contributed by atoms with Gasteiger partial charge in [0.2, 0.25) is 0 Å². The number of aromatic carboxylic acids is 1. The van der Waals surface area contributed by atoms with Crippen LogP contribution in [-0.4, -0.2) is 20.6 Å². The summed E-state index contributed by atoms with van der Waals surface area (Å²) in [6.07, 6.45) is 6.79. The maximum atomic E-state index is 11.4. The van der Waals surface area contributed by atoms with Crippen molar-refractivity contribution >= 4 is 11.6 Å². The van der Waals surface area contributed by atoms with Crippen molar-refractivity contribution in [2.45, 2.75) is 18.8 Å². The Morgan fingerprint density at radius 1 is 1.35 bits per heavy atom. The van der Waals surface area contributed by atoms with Crippen LogP contribution in [-0.2, 0) is 0 Å². The van der Waals surface area contributed by atoms with E-state index in [1.807, 2.05) is 12.1 Å². The topological polar surface area (TPSA) is 79.5 Å². The fourth-order valence-corrected chi connectivity index (χ4v) is 2.50. The van der Waals surface area contributed by atoms with Gasteiger partial charge < -0.3 is 14.6 Å². The third kappa shape index (κ3) is 2.96. The number of benzene rings is 1. The normalized spacial score (nSPS) is 13.6. The van der Waals surface area contributed by atoms with Crippen molar-refractivity contribution in [1.82, 2.24) is 14.6 Å². The van der Waals surface area contributed by atoms with Crippen molar-refractivity contribution in [2.24, 2.45) is 0 Å². The Morgan fingerprint density at radius 2 is 2.17 bits per heavy atom. The van der Waals surface area contributed by atoms with Crippen LogP contribution in [0.3, 0.4) is 0 Å². The van der Waals surface area contributed by atoms with Crippen LogP contribution in [0.1, 0.15) is 34.7 Å². The molecular formula is C16H12LiN3O3. The van der Waals surface area contributed by atoms with Crippen LogP contribution in [0.25, 0.3) is 5.65 Å². The van der Waals surface area contributed by atoms with Gasteiger partial charge in [-0.2, -0.15) is 5.10 Å². The number of hydrogen-bond donors (Lipinski definition) is 0. The summed E-state index contributed by atoms with van der Waals surface area (Å²) in [5.74, 6) is -0.0275. The molecule has 0 spiro atoms. The molecule has 1 saturated carbocycles. The van der Waals surface area contributed by atoms with Crippen LogP contribution in [0, 0.1) is 0 Å². The summed E-state index contributed by atoms with van der Waals surface area (Å²) >= 11 is 0. The molecule has 0 aliphatic heterocycles. The molecule has 6 nitrogen and oxygen atoms in total. The van der Waals surface area contributed by atoms with E-state index >= 15 is 0 Å². The minimum absolute atomic E-state index is 0. The van der Waals surface area contributed by atoms with Crippen molar-refractivity contribution in [3.05, 3.63) is 54.0 Å². The van der Waals surface area contributed by atoms with E-state index < -0.39 is 5.97 Å². The van der Waals surface area contributed by atoms with Gasteiger partial charge in [-0.3, -0.25) is 0 Å². The summed E-state index contributed by atoms with van der Waals surface area (Å²) in [6, 6.07) is 7.69. The number of rotatable bonds is 4. The van der Waals surface area contributed by atoms with Crippen LogP contribution in [0.4, 0.5) is 0 Å². The number of carbonyl (C=O) groups is 1. The molecule has 2 aromatic heterocycles. The molecule has 23 heavy (non-hydrogen) atoms. The zero-order chi connectivity index (χ0) is 15.1. The molecule has 2 heterocycles. The molecular weight excluding hydrogens is 289 g/mol. The predicted molar refractivity (Wildman–Crippen MR) is 75.8 cm³/mol. The van der Waals surface area contributed by atoms with E-state index in [1.165, 1.54) is 35.3 Å². The predicted octanol–water partition coefficient (Wildman–Crippen LogP) is -1.23. The first kappa shape index (κ1) is 15.6. The van der Waals surface area contributed by atoms with Crippen LogP contribution in [0.2, 0.25) is 0 Å². The first-order chi connectivity index (χ1) is 10.7. The second-order valence-electron chi connectivity index (χ2n) is 5.32. The number of hydrogen-bond acceptors (Lipinski definition) is 5. The minimum atomic E-state index is -1.34. The number of carbonyl (C=O) groups excluding carboxylic acids is 1. The zero-order valence-electron chi connectivity index (χ0n) is 12.6. The first-order valence-electron chi connectivity index (χ1n) is 7.04. The van der Waals surface area contributed by atoms with Crippen molar-refractivity contribution in [1.29, 1.82) is 0 Å². The van der Waals surface area contributed by atoms with Gasteiger partial charge in [-0.25, -0.2) is 9.50 Å². The molecule has 0 radical (unpaired) electrons. The SMILES string of the molecule is O=C([O-])c1c(Oc2cccc(C3CC3)c2)cnn2ccnc12.[Li+]. The molecule has 0 N–H and O–H groups in total. The fourth-order valence-electron chi connectivity index (χ4n) is 2.50. The van der Waals surface area contributed by atoms with E-state index in [1.54, 1.807) is 12.3 Å². The summed E-state index contributed by atoms with van der Waals surface area (Å²) in [5.41, 5.74) is 1.31. The Labute approximate surface area is 144 Å². The van der Waals surface area contributed by atoms with E-state index in [2.05, 4.69) is 16.1 Å². The fraction of sp³-hybridized carbons (Fsp3) is 0.188. The Bertz CT molecular complexity index is 874. The van der Waals surface area contributed by atoms with Crippen molar-refractivity contribution in [3.8, 4) is 11.5 Å². The molecule has 3 aromatic rings. The van der Waals surface area contributed by atoms with Crippen molar-refractivity contribution < 1.29 is 33.5 Å². The van der Waals surface area contributed by atoms with Crippen LogP contribution in [0.15, 0.2) is 42.9 Å². The van der Waals surface area contributed by atoms with E-state index in [9.17, 15) is 9.90 Å². The van der Waals surface area contributed by atoms with Gasteiger partial charge in [0.25, 0.3) is 0 Å².